The Morgan fingerprint density at radius 3 is 2.62 bits per heavy atom. The zero-order valence-electron chi connectivity index (χ0n) is 9.03. The summed E-state index contributed by atoms with van der Waals surface area (Å²) < 4.78 is 0. The highest BCUT2D eigenvalue weighted by atomic mass is 35.5. The van der Waals surface area contributed by atoms with Crippen LogP contribution in [0, 0.1) is 6.92 Å². The van der Waals surface area contributed by atoms with Crippen LogP contribution in [0.5, 0.6) is 0 Å². The van der Waals surface area contributed by atoms with Crippen molar-refractivity contribution in [1.29, 1.82) is 0 Å². The average Bonchev–Trinajstić information content (AvgIpc) is 2.67. The Morgan fingerprint density at radius 1 is 1.25 bits per heavy atom. The highest BCUT2D eigenvalue weighted by molar-refractivity contribution is 7.11. The maximum absolute atomic E-state index is 5.82. The Kier molecular flexibility index (Phi) is 3.93. The van der Waals surface area contributed by atoms with Crippen molar-refractivity contribution in [2.24, 2.45) is 0 Å². The number of nitrogens with zero attached hydrogens (tertiary/aromatic N) is 1. The van der Waals surface area contributed by atoms with Crippen LogP contribution in [-0.2, 0) is 13.1 Å². The van der Waals surface area contributed by atoms with Crippen LogP contribution < -0.4 is 5.32 Å². The summed E-state index contributed by atoms with van der Waals surface area (Å²) >= 11 is 7.55. The van der Waals surface area contributed by atoms with Gasteiger partial charge in [-0.15, -0.1) is 11.3 Å². The van der Waals surface area contributed by atoms with Crippen molar-refractivity contribution >= 4 is 22.9 Å². The smallest absolute Gasteiger partial charge is 0.0897 e. The van der Waals surface area contributed by atoms with Gasteiger partial charge < -0.3 is 5.32 Å². The fourth-order valence-corrected chi connectivity index (χ4v) is 2.31. The van der Waals surface area contributed by atoms with E-state index in [1.165, 1.54) is 10.4 Å². The van der Waals surface area contributed by atoms with E-state index >= 15 is 0 Å². The van der Waals surface area contributed by atoms with Gasteiger partial charge in [-0.05, 0) is 24.6 Å². The van der Waals surface area contributed by atoms with Gasteiger partial charge in [-0.2, -0.15) is 0 Å². The third kappa shape index (κ3) is 3.30. The summed E-state index contributed by atoms with van der Waals surface area (Å²) in [6.07, 6.45) is 1.93. The van der Waals surface area contributed by atoms with Crippen LogP contribution in [0.1, 0.15) is 15.4 Å². The van der Waals surface area contributed by atoms with Crippen LogP contribution in [0.15, 0.2) is 30.5 Å². The molecule has 2 rings (SSSR count). The van der Waals surface area contributed by atoms with E-state index in [2.05, 4.69) is 10.3 Å². The lowest BCUT2D eigenvalue weighted by molar-refractivity contribution is 0.700. The van der Waals surface area contributed by atoms with Gasteiger partial charge >= 0.3 is 0 Å². The van der Waals surface area contributed by atoms with E-state index in [0.717, 1.165) is 23.1 Å². The normalized spacial score (nSPS) is 10.6. The van der Waals surface area contributed by atoms with Gasteiger partial charge in [0.15, 0.2) is 0 Å². The molecule has 0 unspecified atom stereocenters. The summed E-state index contributed by atoms with van der Waals surface area (Å²) in [5.74, 6) is 0. The standard InChI is InChI=1S/C12H13ClN2S/c1-9-15-8-12(16-9)7-14-6-10-2-4-11(13)5-3-10/h2-5,8,14H,6-7H2,1H3. The minimum Gasteiger partial charge on any atom is -0.308 e. The highest BCUT2D eigenvalue weighted by Gasteiger charge is 1.98. The SMILES string of the molecule is Cc1ncc(CNCc2ccc(Cl)cc2)s1. The van der Waals surface area contributed by atoms with Crippen LogP contribution in [0.2, 0.25) is 5.02 Å². The lowest BCUT2D eigenvalue weighted by Crippen LogP contribution is -2.11. The van der Waals surface area contributed by atoms with E-state index in [1.807, 2.05) is 37.4 Å². The number of benzene rings is 1. The van der Waals surface area contributed by atoms with E-state index in [4.69, 9.17) is 11.6 Å². The number of thiazole rings is 1. The van der Waals surface area contributed by atoms with Gasteiger partial charge in [-0.3, -0.25) is 0 Å². The Labute approximate surface area is 104 Å². The van der Waals surface area contributed by atoms with Crippen LogP contribution in [0.4, 0.5) is 0 Å². The molecule has 1 aromatic carbocycles. The number of aromatic nitrogens is 1. The molecule has 1 heterocycles. The van der Waals surface area contributed by atoms with Gasteiger partial charge in [0, 0.05) is 29.2 Å². The molecule has 0 saturated heterocycles. The summed E-state index contributed by atoms with van der Waals surface area (Å²) in [5, 5.41) is 5.27. The van der Waals surface area contributed by atoms with Crippen LogP contribution in [0.3, 0.4) is 0 Å². The van der Waals surface area contributed by atoms with E-state index in [1.54, 1.807) is 11.3 Å². The lowest BCUT2D eigenvalue weighted by Gasteiger charge is -2.02. The number of hydrogen-bond donors (Lipinski definition) is 1. The van der Waals surface area contributed by atoms with Gasteiger partial charge in [-0.1, -0.05) is 23.7 Å². The number of nitrogens with one attached hydrogen (secondary N) is 1. The molecule has 2 aromatic rings. The topological polar surface area (TPSA) is 24.9 Å². The molecule has 1 aromatic heterocycles. The van der Waals surface area contributed by atoms with Crippen molar-refractivity contribution in [1.82, 2.24) is 10.3 Å². The van der Waals surface area contributed by atoms with Crippen molar-refractivity contribution in [3.05, 3.63) is 50.9 Å². The zero-order valence-corrected chi connectivity index (χ0v) is 10.6. The second-order valence-corrected chi connectivity index (χ2v) is 5.33. The summed E-state index contributed by atoms with van der Waals surface area (Å²) in [6.45, 7) is 3.75. The molecule has 0 atom stereocenters. The molecule has 2 nitrogen and oxygen atoms in total. The first-order valence-electron chi connectivity index (χ1n) is 5.10. The van der Waals surface area contributed by atoms with Crippen molar-refractivity contribution in [3.8, 4) is 0 Å². The third-order valence-electron chi connectivity index (χ3n) is 2.21. The molecule has 0 aliphatic heterocycles. The molecule has 16 heavy (non-hydrogen) atoms. The number of aryl methyl sites for hydroxylation is 1. The number of halogens is 1. The molecule has 84 valence electrons. The molecule has 1 N–H and O–H groups in total. The first kappa shape index (κ1) is 11.6. The minimum atomic E-state index is 0.779. The first-order chi connectivity index (χ1) is 7.74. The van der Waals surface area contributed by atoms with Crippen molar-refractivity contribution in [2.45, 2.75) is 20.0 Å². The van der Waals surface area contributed by atoms with Gasteiger partial charge in [0.25, 0.3) is 0 Å². The lowest BCUT2D eigenvalue weighted by atomic mass is 10.2. The molecule has 0 aliphatic rings. The number of hydrogen-bond acceptors (Lipinski definition) is 3. The van der Waals surface area contributed by atoms with E-state index in [-0.39, 0.29) is 0 Å². The van der Waals surface area contributed by atoms with Crippen molar-refractivity contribution < 1.29 is 0 Å². The molecule has 0 spiro atoms. The van der Waals surface area contributed by atoms with Gasteiger partial charge in [0.2, 0.25) is 0 Å². The Morgan fingerprint density at radius 2 is 2.00 bits per heavy atom. The predicted octanol–water partition coefficient (Wildman–Crippen LogP) is 3.39. The zero-order chi connectivity index (χ0) is 11.4. The fraction of sp³-hybridized carbons (Fsp3) is 0.250. The highest BCUT2D eigenvalue weighted by Crippen LogP contribution is 2.12. The summed E-state index contributed by atoms with van der Waals surface area (Å²) in [6, 6.07) is 7.89. The fourth-order valence-electron chi connectivity index (χ4n) is 1.42. The third-order valence-corrected chi connectivity index (χ3v) is 3.38. The van der Waals surface area contributed by atoms with Gasteiger partial charge in [0.1, 0.15) is 0 Å². The molecular formula is C12H13ClN2S. The molecule has 0 amide bonds. The quantitative estimate of drug-likeness (QED) is 0.902. The first-order valence-corrected chi connectivity index (χ1v) is 6.30. The van der Waals surface area contributed by atoms with Gasteiger partial charge in [-0.25, -0.2) is 4.98 Å². The van der Waals surface area contributed by atoms with Crippen LogP contribution in [-0.4, -0.2) is 4.98 Å². The van der Waals surface area contributed by atoms with Crippen LogP contribution in [0.25, 0.3) is 0 Å². The monoisotopic (exact) mass is 252 g/mol. The molecule has 4 heteroatoms. The molecule has 0 bridgehead atoms. The molecule has 0 aliphatic carbocycles. The predicted molar refractivity (Wildman–Crippen MR) is 68.8 cm³/mol. The minimum absolute atomic E-state index is 0.779. The second kappa shape index (κ2) is 5.43. The van der Waals surface area contributed by atoms with Crippen molar-refractivity contribution in [2.75, 3.05) is 0 Å². The molecule has 0 saturated carbocycles. The summed E-state index contributed by atoms with van der Waals surface area (Å²) in [4.78, 5) is 5.48. The Hall–Kier alpha value is -0.900. The Bertz CT molecular complexity index is 450. The maximum Gasteiger partial charge on any atom is 0.0897 e. The summed E-state index contributed by atoms with van der Waals surface area (Å²) in [7, 11) is 0. The maximum atomic E-state index is 5.82. The van der Waals surface area contributed by atoms with Gasteiger partial charge in [0.05, 0.1) is 5.01 Å². The van der Waals surface area contributed by atoms with E-state index < -0.39 is 0 Å². The van der Waals surface area contributed by atoms with E-state index in [9.17, 15) is 0 Å². The van der Waals surface area contributed by atoms with Crippen LogP contribution >= 0.6 is 22.9 Å². The average molecular weight is 253 g/mol. The Balaban J connectivity index is 1.82. The van der Waals surface area contributed by atoms with E-state index in [0.29, 0.717) is 0 Å². The van der Waals surface area contributed by atoms with Crippen molar-refractivity contribution in [3.63, 3.8) is 0 Å². The summed E-state index contributed by atoms with van der Waals surface area (Å²) in [5.41, 5.74) is 1.24. The molecular weight excluding hydrogens is 240 g/mol. The molecule has 0 radical (unpaired) electrons. The molecule has 0 fully saturated rings. The second-order valence-electron chi connectivity index (χ2n) is 3.58. The largest absolute Gasteiger partial charge is 0.308 e. The number of rotatable bonds is 4.